The lowest BCUT2D eigenvalue weighted by Crippen LogP contribution is -2.54. The Hall–Kier alpha value is -0.610. The first-order chi connectivity index (χ1) is 6.73. The smallest absolute Gasteiger partial charge is 0.224 e. The third-order valence-electron chi connectivity index (χ3n) is 3.57. The van der Waals surface area contributed by atoms with Crippen LogP contribution >= 0.6 is 0 Å². The monoisotopic (exact) mass is 197 g/mol. The number of nitrogens with zero attached hydrogens (tertiary/aromatic N) is 1. The second-order valence-corrected chi connectivity index (χ2v) is 4.52. The number of piperazine rings is 1. The minimum atomic E-state index is -0.183. The quantitative estimate of drug-likeness (QED) is 0.644. The molecule has 0 spiro atoms. The van der Waals surface area contributed by atoms with Crippen LogP contribution in [0.4, 0.5) is 0 Å². The maximum Gasteiger partial charge on any atom is 0.224 e. The predicted molar refractivity (Wildman–Crippen MR) is 54.8 cm³/mol. The second kappa shape index (κ2) is 3.87. The number of nitrogens with one attached hydrogen (secondary N) is 1. The average Bonchev–Trinajstić information content (AvgIpc) is 2.12. The molecule has 4 nitrogen and oxygen atoms in total. The fourth-order valence-electron chi connectivity index (χ4n) is 2.38. The lowest BCUT2D eigenvalue weighted by Gasteiger charge is -2.43. The molecular weight excluding hydrogens is 178 g/mol. The first-order valence-electron chi connectivity index (χ1n) is 5.46. The van der Waals surface area contributed by atoms with Crippen molar-refractivity contribution >= 4 is 5.91 Å². The van der Waals surface area contributed by atoms with Crippen LogP contribution in [0.5, 0.6) is 0 Å². The number of carbonyl (C=O) groups excluding carboxylic acids is 1. The van der Waals surface area contributed by atoms with Gasteiger partial charge in [-0.05, 0) is 12.8 Å². The van der Waals surface area contributed by atoms with Crippen LogP contribution < -0.4 is 11.1 Å². The van der Waals surface area contributed by atoms with Gasteiger partial charge in [-0.25, -0.2) is 0 Å². The van der Waals surface area contributed by atoms with Gasteiger partial charge in [0.2, 0.25) is 5.91 Å². The Morgan fingerprint density at radius 1 is 1.36 bits per heavy atom. The molecule has 80 valence electrons. The molecule has 1 saturated carbocycles. The molecule has 3 N–H and O–H groups in total. The zero-order valence-corrected chi connectivity index (χ0v) is 8.59. The summed E-state index contributed by atoms with van der Waals surface area (Å²) in [5, 5.41) is 3.31. The Morgan fingerprint density at radius 3 is 2.43 bits per heavy atom. The Labute approximate surface area is 84.8 Å². The third kappa shape index (κ3) is 1.77. The lowest BCUT2D eigenvalue weighted by atomic mass is 9.68. The van der Waals surface area contributed by atoms with Crippen molar-refractivity contribution in [2.24, 2.45) is 11.1 Å². The van der Waals surface area contributed by atoms with Crippen LogP contribution in [-0.4, -0.2) is 43.5 Å². The van der Waals surface area contributed by atoms with Gasteiger partial charge in [0, 0.05) is 32.7 Å². The first kappa shape index (κ1) is 9.93. The summed E-state index contributed by atoms with van der Waals surface area (Å²) in [6, 6.07) is 0. The molecule has 1 aliphatic carbocycles. The summed E-state index contributed by atoms with van der Waals surface area (Å²) in [5.41, 5.74) is 5.29. The van der Waals surface area contributed by atoms with Crippen molar-refractivity contribution in [2.45, 2.75) is 19.3 Å². The van der Waals surface area contributed by atoms with Crippen molar-refractivity contribution in [3.8, 4) is 0 Å². The fourth-order valence-corrected chi connectivity index (χ4v) is 2.38. The summed E-state index contributed by atoms with van der Waals surface area (Å²) in [6.45, 7) is 5.05. The Kier molecular flexibility index (Phi) is 2.74. The van der Waals surface area contributed by atoms with Gasteiger partial charge < -0.3 is 11.1 Å². The van der Waals surface area contributed by atoms with E-state index in [1.54, 1.807) is 0 Å². The summed E-state index contributed by atoms with van der Waals surface area (Å²) in [4.78, 5) is 13.7. The maximum atomic E-state index is 11.4. The number of rotatable bonds is 3. The Morgan fingerprint density at radius 2 is 2.00 bits per heavy atom. The third-order valence-corrected chi connectivity index (χ3v) is 3.57. The topological polar surface area (TPSA) is 58.4 Å². The molecular formula is C10H19N3O. The summed E-state index contributed by atoms with van der Waals surface area (Å²) in [7, 11) is 0. The number of hydrogen-bond donors (Lipinski definition) is 2. The van der Waals surface area contributed by atoms with Crippen molar-refractivity contribution in [1.29, 1.82) is 0 Å². The molecule has 2 rings (SSSR count). The minimum absolute atomic E-state index is 0.0951. The number of nitrogens with two attached hydrogens (primary N) is 1. The lowest BCUT2D eigenvalue weighted by molar-refractivity contribution is -0.134. The zero-order valence-electron chi connectivity index (χ0n) is 8.59. The van der Waals surface area contributed by atoms with Crippen LogP contribution in [0.25, 0.3) is 0 Å². The van der Waals surface area contributed by atoms with E-state index >= 15 is 0 Å². The molecule has 0 aromatic rings. The van der Waals surface area contributed by atoms with E-state index in [4.69, 9.17) is 5.73 Å². The molecule has 0 radical (unpaired) electrons. The van der Waals surface area contributed by atoms with E-state index in [0.29, 0.717) is 0 Å². The summed E-state index contributed by atoms with van der Waals surface area (Å²) in [5.74, 6) is -0.0951. The van der Waals surface area contributed by atoms with Gasteiger partial charge in [0.15, 0.2) is 0 Å². The van der Waals surface area contributed by atoms with E-state index in [2.05, 4.69) is 10.2 Å². The minimum Gasteiger partial charge on any atom is -0.369 e. The molecule has 1 saturated heterocycles. The summed E-state index contributed by atoms with van der Waals surface area (Å²) in [6.07, 6.45) is 3.15. The molecule has 1 heterocycles. The highest BCUT2D eigenvalue weighted by molar-refractivity contribution is 5.82. The van der Waals surface area contributed by atoms with Crippen molar-refractivity contribution in [1.82, 2.24) is 10.2 Å². The maximum absolute atomic E-state index is 11.4. The summed E-state index contributed by atoms with van der Waals surface area (Å²) < 4.78 is 0. The highest BCUT2D eigenvalue weighted by Crippen LogP contribution is 2.41. The summed E-state index contributed by atoms with van der Waals surface area (Å²) >= 11 is 0. The van der Waals surface area contributed by atoms with Crippen LogP contribution in [-0.2, 0) is 4.79 Å². The molecule has 0 bridgehead atoms. The van der Waals surface area contributed by atoms with Gasteiger partial charge in [-0.1, -0.05) is 6.42 Å². The highest BCUT2D eigenvalue weighted by Gasteiger charge is 2.43. The first-order valence-corrected chi connectivity index (χ1v) is 5.46. The van der Waals surface area contributed by atoms with E-state index in [1.807, 2.05) is 0 Å². The largest absolute Gasteiger partial charge is 0.369 e. The normalized spacial score (nSPS) is 26.9. The van der Waals surface area contributed by atoms with Gasteiger partial charge >= 0.3 is 0 Å². The van der Waals surface area contributed by atoms with E-state index in [9.17, 15) is 4.79 Å². The Bertz CT molecular complexity index is 219. The Balaban J connectivity index is 1.90. The van der Waals surface area contributed by atoms with Crippen molar-refractivity contribution in [2.75, 3.05) is 32.7 Å². The number of primary amides is 1. The molecule has 14 heavy (non-hydrogen) atoms. The average molecular weight is 197 g/mol. The number of hydrogen-bond acceptors (Lipinski definition) is 3. The van der Waals surface area contributed by atoms with Gasteiger partial charge in [-0.3, -0.25) is 9.69 Å². The molecule has 0 aromatic heterocycles. The van der Waals surface area contributed by atoms with Gasteiger partial charge in [-0.15, -0.1) is 0 Å². The molecule has 2 fully saturated rings. The molecule has 2 aliphatic rings. The van der Waals surface area contributed by atoms with Crippen LogP contribution in [0.3, 0.4) is 0 Å². The van der Waals surface area contributed by atoms with Gasteiger partial charge in [-0.2, -0.15) is 0 Å². The van der Waals surface area contributed by atoms with E-state index in [-0.39, 0.29) is 11.3 Å². The molecule has 0 aromatic carbocycles. The number of amides is 1. The van der Waals surface area contributed by atoms with Crippen LogP contribution in [0.1, 0.15) is 19.3 Å². The van der Waals surface area contributed by atoms with Gasteiger partial charge in [0.25, 0.3) is 0 Å². The standard InChI is InChI=1S/C10H19N3O/c11-9(14)10(2-1-3-10)8-13-6-4-12-5-7-13/h12H,1-8H2,(H2,11,14). The van der Waals surface area contributed by atoms with Crippen molar-refractivity contribution < 1.29 is 4.79 Å². The number of carbonyl (C=O) groups is 1. The van der Waals surface area contributed by atoms with E-state index in [0.717, 1.165) is 52.0 Å². The molecule has 1 aliphatic heterocycles. The van der Waals surface area contributed by atoms with Gasteiger partial charge in [0.05, 0.1) is 5.41 Å². The van der Waals surface area contributed by atoms with Crippen LogP contribution in [0, 0.1) is 5.41 Å². The molecule has 0 unspecified atom stereocenters. The van der Waals surface area contributed by atoms with Crippen LogP contribution in [0.2, 0.25) is 0 Å². The molecule has 4 heteroatoms. The van der Waals surface area contributed by atoms with Crippen LogP contribution in [0.15, 0.2) is 0 Å². The molecule has 0 atom stereocenters. The van der Waals surface area contributed by atoms with Gasteiger partial charge in [0.1, 0.15) is 0 Å². The van der Waals surface area contributed by atoms with E-state index < -0.39 is 0 Å². The van der Waals surface area contributed by atoms with E-state index in [1.165, 1.54) is 0 Å². The predicted octanol–water partition coefficient (Wildman–Crippen LogP) is -0.453. The second-order valence-electron chi connectivity index (χ2n) is 4.52. The van der Waals surface area contributed by atoms with Crippen molar-refractivity contribution in [3.05, 3.63) is 0 Å². The van der Waals surface area contributed by atoms with Crippen molar-refractivity contribution in [3.63, 3.8) is 0 Å². The highest BCUT2D eigenvalue weighted by atomic mass is 16.1. The molecule has 1 amide bonds. The SMILES string of the molecule is NC(=O)C1(CN2CCNCC2)CCC1. The fraction of sp³-hybridized carbons (Fsp3) is 0.900. The zero-order chi connectivity index (χ0) is 10.0.